The number of nitrogens with zero attached hydrogens (tertiary/aromatic N) is 6. The second-order valence-corrected chi connectivity index (χ2v) is 5.03. The van der Waals surface area contributed by atoms with Crippen LogP contribution in [0.4, 0.5) is 0 Å². The molecule has 0 saturated heterocycles. The Kier molecular flexibility index (Phi) is 2.26. The zero-order valence-electron chi connectivity index (χ0n) is 9.09. The second kappa shape index (κ2) is 3.34. The Bertz CT molecular complexity index is 465. The van der Waals surface area contributed by atoms with Crippen LogP contribution < -0.4 is 0 Å². The Labute approximate surface area is 91.5 Å². The van der Waals surface area contributed by atoms with E-state index in [9.17, 15) is 0 Å². The highest BCUT2D eigenvalue weighted by Gasteiger charge is 2.21. The summed E-state index contributed by atoms with van der Waals surface area (Å²) in [6, 6.07) is 0. The molecule has 2 aromatic rings. The third-order valence-electron chi connectivity index (χ3n) is 1.80. The van der Waals surface area contributed by atoms with Gasteiger partial charge >= 0.3 is 0 Å². The van der Waals surface area contributed by atoms with Gasteiger partial charge in [-0.15, -0.1) is 10.2 Å². The monoisotopic (exact) mass is 224 g/mol. The van der Waals surface area contributed by atoms with Crippen molar-refractivity contribution in [1.82, 2.24) is 29.6 Å². The molecule has 0 saturated carbocycles. The molecular formula is C8H12N6S. The molecule has 0 amide bonds. The van der Waals surface area contributed by atoms with Crippen molar-refractivity contribution in [2.24, 2.45) is 7.05 Å². The number of rotatable bonds is 1. The summed E-state index contributed by atoms with van der Waals surface area (Å²) in [5.74, 6) is 1.35. The third-order valence-corrected chi connectivity index (χ3v) is 2.51. The van der Waals surface area contributed by atoms with Crippen molar-refractivity contribution < 1.29 is 0 Å². The standard InChI is InChI=1S/C8H12N6S/c1-8(2,3)7-9-6(15-12-7)5-10-13-14(4)11-5/h1-4H3. The minimum absolute atomic E-state index is 0.0447. The van der Waals surface area contributed by atoms with Gasteiger partial charge in [0.15, 0.2) is 5.01 Å². The lowest BCUT2D eigenvalue weighted by Crippen LogP contribution is -2.13. The zero-order valence-corrected chi connectivity index (χ0v) is 9.91. The van der Waals surface area contributed by atoms with Crippen LogP contribution in [0.3, 0.4) is 0 Å². The summed E-state index contributed by atoms with van der Waals surface area (Å²) < 4.78 is 4.29. The van der Waals surface area contributed by atoms with E-state index in [1.807, 2.05) is 0 Å². The molecule has 0 aliphatic carbocycles. The molecule has 0 aromatic carbocycles. The number of aromatic nitrogens is 6. The Morgan fingerprint density at radius 1 is 1.27 bits per heavy atom. The van der Waals surface area contributed by atoms with Gasteiger partial charge in [0.1, 0.15) is 5.82 Å². The normalized spacial score (nSPS) is 12.0. The molecule has 2 heterocycles. The van der Waals surface area contributed by atoms with Crippen molar-refractivity contribution in [1.29, 1.82) is 0 Å². The smallest absolute Gasteiger partial charge is 0.215 e. The van der Waals surface area contributed by atoms with Gasteiger partial charge in [-0.1, -0.05) is 20.8 Å². The molecule has 0 aliphatic heterocycles. The van der Waals surface area contributed by atoms with E-state index in [4.69, 9.17) is 0 Å². The summed E-state index contributed by atoms with van der Waals surface area (Å²) in [4.78, 5) is 5.80. The SMILES string of the molecule is Cn1nnc(-c2nc(C(C)(C)C)ns2)n1. The number of aryl methyl sites for hydroxylation is 1. The first-order valence-electron chi connectivity index (χ1n) is 4.55. The van der Waals surface area contributed by atoms with E-state index in [2.05, 4.69) is 45.5 Å². The molecule has 0 radical (unpaired) electrons. The summed E-state index contributed by atoms with van der Waals surface area (Å²) in [7, 11) is 1.72. The summed E-state index contributed by atoms with van der Waals surface area (Å²) in [5, 5.41) is 12.4. The summed E-state index contributed by atoms with van der Waals surface area (Å²) in [5.41, 5.74) is -0.0447. The van der Waals surface area contributed by atoms with Gasteiger partial charge in [-0.2, -0.15) is 9.17 Å². The summed E-state index contributed by atoms with van der Waals surface area (Å²) >= 11 is 1.30. The van der Waals surface area contributed by atoms with Crippen LogP contribution in [0.1, 0.15) is 26.6 Å². The van der Waals surface area contributed by atoms with E-state index < -0.39 is 0 Å². The molecule has 80 valence electrons. The molecule has 0 aliphatic rings. The topological polar surface area (TPSA) is 69.4 Å². The zero-order chi connectivity index (χ0) is 11.1. The number of tetrazole rings is 1. The van der Waals surface area contributed by atoms with Crippen LogP contribution in [-0.2, 0) is 12.5 Å². The van der Waals surface area contributed by atoms with Crippen LogP contribution in [0, 0.1) is 0 Å². The highest BCUT2D eigenvalue weighted by Crippen LogP contribution is 2.24. The third kappa shape index (κ3) is 2.01. The molecular weight excluding hydrogens is 212 g/mol. The van der Waals surface area contributed by atoms with E-state index in [0.717, 1.165) is 5.82 Å². The van der Waals surface area contributed by atoms with Gasteiger partial charge in [-0.05, 0) is 16.7 Å². The van der Waals surface area contributed by atoms with Gasteiger partial charge in [-0.3, -0.25) is 0 Å². The molecule has 7 heteroatoms. The number of hydrogen-bond donors (Lipinski definition) is 0. The Morgan fingerprint density at radius 3 is 2.47 bits per heavy atom. The highest BCUT2D eigenvalue weighted by molar-refractivity contribution is 7.09. The molecule has 0 unspecified atom stereocenters. The van der Waals surface area contributed by atoms with Gasteiger partial charge in [0.25, 0.3) is 0 Å². The van der Waals surface area contributed by atoms with Gasteiger partial charge in [0.05, 0.1) is 7.05 Å². The van der Waals surface area contributed by atoms with Crippen LogP contribution in [0.15, 0.2) is 0 Å². The first-order chi connectivity index (χ1) is 6.97. The van der Waals surface area contributed by atoms with Crippen LogP contribution in [0.2, 0.25) is 0 Å². The van der Waals surface area contributed by atoms with Crippen LogP contribution in [0.25, 0.3) is 10.8 Å². The van der Waals surface area contributed by atoms with Gasteiger partial charge in [0, 0.05) is 5.41 Å². The first-order valence-corrected chi connectivity index (χ1v) is 5.33. The predicted molar refractivity (Wildman–Crippen MR) is 56.4 cm³/mol. The molecule has 6 nitrogen and oxygen atoms in total. The lowest BCUT2D eigenvalue weighted by atomic mass is 9.96. The van der Waals surface area contributed by atoms with Gasteiger partial charge in [-0.25, -0.2) is 4.98 Å². The predicted octanol–water partition coefficient (Wildman–Crippen LogP) is 1.03. The van der Waals surface area contributed by atoms with Crippen molar-refractivity contribution in [3.8, 4) is 10.8 Å². The number of hydrogen-bond acceptors (Lipinski definition) is 6. The quantitative estimate of drug-likeness (QED) is 0.723. The van der Waals surface area contributed by atoms with Gasteiger partial charge < -0.3 is 0 Å². The maximum atomic E-state index is 4.39. The maximum Gasteiger partial charge on any atom is 0.235 e. The Balaban J connectivity index is 2.36. The minimum atomic E-state index is -0.0447. The fourth-order valence-electron chi connectivity index (χ4n) is 0.989. The van der Waals surface area contributed by atoms with Gasteiger partial charge in [0.2, 0.25) is 5.82 Å². The van der Waals surface area contributed by atoms with E-state index in [1.165, 1.54) is 16.3 Å². The molecule has 0 fully saturated rings. The summed E-state index contributed by atoms with van der Waals surface area (Å²) in [6.07, 6.45) is 0. The van der Waals surface area contributed by atoms with Crippen molar-refractivity contribution in [3.05, 3.63) is 5.82 Å². The fraction of sp³-hybridized carbons (Fsp3) is 0.625. The molecule has 15 heavy (non-hydrogen) atoms. The lowest BCUT2D eigenvalue weighted by Gasteiger charge is -2.11. The van der Waals surface area contributed by atoms with Crippen molar-refractivity contribution >= 4 is 11.5 Å². The molecule has 0 atom stereocenters. The van der Waals surface area contributed by atoms with E-state index in [1.54, 1.807) is 7.05 Å². The largest absolute Gasteiger partial charge is 0.235 e. The van der Waals surface area contributed by atoms with E-state index in [0.29, 0.717) is 10.8 Å². The molecule has 0 spiro atoms. The van der Waals surface area contributed by atoms with Crippen molar-refractivity contribution in [2.45, 2.75) is 26.2 Å². The fourth-order valence-corrected chi connectivity index (χ4v) is 1.77. The van der Waals surface area contributed by atoms with E-state index in [-0.39, 0.29) is 5.41 Å². The van der Waals surface area contributed by atoms with Crippen LogP contribution in [0.5, 0.6) is 0 Å². The maximum absolute atomic E-state index is 4.39. The highest BCUT2D eigenvalue weighted by atomic mass is 32.1. The molecule has 2 rings (SSSR count). The average molecular weight is 224 g/mol. The average Bonchev–Trinajstić information content (AvgIpc) is 2.69. The van der Waals surface area contributed by atoms with Crippen molar-refractivity contribution in [2.75, 3.05) is 0 Å². The van der Waals surface area contributed by atoms with Crippen molar-refractivity contribution in [3.63, 3.8) is 0 Å². The molecule has 0 N–H and O–H groups in total. The van der Waals surface area contributed by atoms with Crippen LogP contribution >= 0.6 is 11.5 Å². The molecule has 2 aromatic heterocycles. The minimum Gasteiger partial charge on any atom is -0.215 e. The summed E-state index contributed by atoms with van der Waals surface area (Å²) in [6.45, 7) is 6.22. The first kappa shape index (κ1) is 10.2. The Hall–Kier alpha value is -1.37. The molecule has 0 bridgehead atoms. The Morgan fingerprint density at radius 2 is 2.00 bits per heavy atom. The van der Waals surface area contributed by atoms with E-state index >= 15 is 0 Å². The van der Waals surface area contributed by atoms with Crippen LogP contribution in [-0.4, -0.2) is 29.6 Å². The lowest BCUT2D eigenvalue weighted by molar-refractivity contribution is 0.555. The second-order valence-electron chi connectivity index (χ2n) is 4.28.